The van der Waals surface area contributed by atoms with E-state index < -0.39 is 26.0 Å². The molecule has 2 N–H and O–H groups in total. The molecule has 1 aromatic heterocycles. The summed E-state index contributed by atoms with van der Waals surface area (Å²) in [6.45, 7) is 2.86. The van der Waals surface area contributed by atoms with Crippen molar-refractivity contribution in [2.75, 3.05) is 36.3 Å². The molecule has 10 nitrogen and oxygen atoms in total. The maximum absolute atomic E-state index is 13.0. The highest BCUT2D eigenvalue weighted by Crippen LogP contribution is 2.22. The number of sulfonamides is 2. The SMILES string of the molecule is Cc1ccc(S(=O)(=O)N2CCOCC2)cc1C(=O)Nc1ccc(S(=O)(=O)Nc2cccnc2)cc1. The Bertz CT molecular complexity index is 1420. The van der Waals surface area contributed by atoms with Gasteiger partial charge in [0.25, 0.3) is 15.9 Å². The molecule has 0 radical (unpaired) electrons. The van der Waals surface area contributed by atoms with Gasteiger partial charge in [0.15, 0.2) is 0 Å². The number of ether oxygens (including phenoxy) is 1. The minimum atomic E-state index is -3.83. The topological polar surface area (TPSA) is 135 Å². The van der Waals surface area contributed by atoms with Crippen LogP contribution in [0, 0.1) is 6.92 Å². The number of amides is 1. The molecule has 0 saturated carbocycles. The number of hydrogen-bond donors (Lipinski definition) is 2. The molecule has 0 atom stereocenters. The Balaban J connectivity index is 1.50. The van der Waals surface area contributed by atoms with Gasteiger partial charge < -0.3 is 10.1 Å². The van der Waals surface area contributed by atoms with Crippen molar-refractivity contribution < 1.29 is 26.4 Å². The Morgan fingerprint density at radius 2 is 1.63 bits per heavy atom. The predicted molar refractivity (Wildman–Crippen MR) is 130 cm³/mol. The van der Waals surface area contributed by atoms with Crippen molar-refractivity contribution in [2.24, 2.45) is 0 Å². The summed E-state index contributed by atoms with van der Waals surface area (Å²) in [5, 5.41) is 2.69. The van der Waals surface area contributed by atoms with Gasteiger partial charge in [-0.15, -0.1) is 0 Å². The third-order valence-electron chi connectivity index (χ3n) is 5.40. The third-order valence-corrected chi connectivity index (χ3v) is 8.69. The van der Waals surface area contributed by atoms with Crippen molar-refractivity contribution in [3.05, 3.63) is 78.1 Å². The highest BCUT2D eigenvalue weighted by atomic mass is 32.2. The molecular formula is C23H24N4O6S2. The summed E-state index contributed by atoms with van der Waals surface area (Å²) in [5.74, 6) is -0.509. The summed E-state index contributed by atoms with van der Waals surface area (Å²) in [6, 6.07) is 13.2. The van der Waals surface area contributed by atoms with Crippen LogP contribution in [0.15, 0.2) is 76.8 Å². The Kier molecular flexibility index (Phi) is 7.17. The number of carbonyl (C=O) groups is 1. The van der Waals surface area contributed by atoms with Gasteiger partial charge in [0.2, 0.25) is 10.0 Å². The fraction of sp³-hybridized carbons (Fsp3) is 0.217. The van der Waals surface area contributed by atoms with E-state index in [1.165, 1.54) is 53.1 Å². The molecule has 2 aromatic carbocycles. The summed E-state index contributed by atoms with van der Waals surface area (Å²) >= 11 is 0. The van der Waals surface area contributed by atoms with E-state index in [-0.39, 0.29) is 28.4 Å². The minimum absolute atomic E-state index is 0.00846. The van der Waals surface area contributed by atoms with Crippen LogP contribution in [0.25, 0.3) is 0 Å². The molecule has 2 heterocycles. The quantitative estimate of drug-likeness (QED) is 0.493. The zero-order chi connectivity index (χ0) is 25.1. The summed E-state index contributed by atoms with van der Waals surface area (Å²) in [6.07, 6.45) is 2.92. The molecule has 0 bridgehead atoms. The minimum Gasteiger partial charge on any atom is -0.379 e. The number of anilines is 2. The van der Waals surface area contributed by atoms with Crippen LogP contribution in [0.1, 0.15) is 15.9 Å². The Hall–Kier alpha value is -3.32. The molecule has 184 valence electrons. The van der Waals surface area contributed by atoms with Crippen molar-refractivity contribution in [1.82, 2.24) is 9.29 Å². The van der Waals surface area contributed by atoms with E-state index in [0.29, 0.717) is 30.2 Å². The molecule has 0 unspecified atom stereocenters. The molecule has 3 aromatic rings. The van der Waals surface area contributed by atoms with E-state index in [2.05, 4.69) is 15.0 Å². The van der Waals surface area contributed by atoms with Crippen LogP contribution in [-0.2, 0) is 24.8 Å². The predicted octanol–water partition coefficient (Wildman–Crippen LogP) is 2.46. The highest BCUT2D eigenvalue weighted by Gasteiger charge is 2.27. The van der Waals surface area contributed by atoms with E-state index >= 15 is 0 Å². The van der Waals surface area contributed by atoms with Crippen LogP contribution in [-0.4, -0.2) is 58.3 Å². The second-order valence-electron chi connectivity index (χ2n) is 7.82. The summed E-state index contributed by atoms with van der Waals surface area (Å²) in [7, 11) is -7.59. The molecule has 1 aliphatic rings. The first-order chi connectivity index (χ1) is 16.7. The largest absolute Gasteiger partial charge is 0.379 e. The van der Waals surface area contributed by atoms with Gasteiger partial charge in [-0.05, 0) is 61.0 Å². The molecular weight excluding hydrogens is 492 g/mol. The lowest BCUT2D eigenvalue weighted by atomic mass is 10.1. The Morgan fingerprint density at radius 1 is 0.943 bits per heavy atom. The molecule has 4 rings (SSSR count). The maximum Gasteiger partial charge on any atom is 0.261 e. The van der Waals surface area contributed by atoms with Crippen LogP contribution >= 0.6 is 0 Å². The second-order valence-corrected chi connectivity index (χ2v) is 11.4. The fourth-order valence-electron chi connectivity index (χ4n) is 3.50. The molecule has 0 aliphatic carbocycles. The van der Waals surface area contributed by atoms with Crippen LogP contribution in [0.4, 0.5) is 11.4 Å². The zero-order valence-corrected chi connectivity index (χ0v) is 20.5. The lowest BCUT2D eigenvalue weighted by molar-refractivity contribution is 0.0730. The molecule has 1 aliphatic heterocycles. The van der Waals surface area contributed by atoms with Gasteiger partial charge >= 0.3 is 0 Å². The van der Waals surface area contributed by atoms with Crippen molar-refractivity contribution >= 4 is 37.3 Å². The summed E-state index contributed by atoms with van der Waals surface area (Å²) in [4.78, 5) is 16.8. The average molecular weight is 517 g/mol. The number of benzene rings is 2. The zero-order valence-electron chi connectivity index (χ0n) is 18.8. The lowest BCUT2D eigenvalue weighted by Crippen LogP contribution is -2.40. The Morgan fingerprint density at radius 3 is 2.29 bits per heavy atom. The van der Waals surface area contributed by atoms with E-state index in [4.69, 9.17) is 4.74 Å². The first-order valence-corrected chi connectivity index (χ1v) is 13.6. The van der Waals surface area contributed by atoms with Crippen LogP contribution in [0.2, 0.25) is 0 Å². The normalized spacial score (nSPS) is 14.9. The first-order valence-electron chi connectivity index (χ1n) is 10.7. The number of aryl methyl sites for hydroxylation is 1. The van der Waals surface area contributed by atoms with Gasteiger partial charge in [-0.25, -0.2) is 16.8 Å². The van der Waals surface area contributed by atoms with Crippen LogP contribution in [0.3, 0.4) is 0 Å². The molecule has 12 heteroatoms. The second kappa shape index (κ2) is 10.1. The van der Waals surface area contributed by atoms with Gasteiger partial charge in [-0.1, -0.05) is 6.07 Å². The average Bonchev–Trinajstić information content (AvgIpc) is 2.85. The van der Waals surface area contributed by atoms with Gasteiger partial charge in [-0.3, -0.25) is 14.5 Å². The third kappa shape index (κ3) is 5.68. The lowest BCUT2D eigenvalue weighted by Gasteiger charge is -2.26. The van der Waals surface area contributed by atoms with Crippen molar-refractivity contribution in [3.63, 3.8) is 0 Å². The molecule has 1 amide bonds. The van der Waals surface area contributed by atoms with Crippen molar-refractivity contribution in [1.29, 1.82) is 0 Å². The van der Waals surface area contributed by atoms with Gasteiger partial charge in [0.05, 0.1) is 34.9 Å². The summed E-state index contributed by atoms with van der Waals surface area (Å²) in [5.41, 5.74) is 1.49. The number of carbonyl (C=O) groups excluding carboxylic acids is 1. The van der Waals surface area contributed by atoms with Gasteiger partial charge in [0, 0.05) is 30.5 Å². The number of rotatable bonds is 7. The standard InChI is InChI=1S/C23H24N4O6S2/c1-17-4-7-21(35(31,32)27-11-13-33-14-12-27)15-22(17)23(28)25-18-5-8-20(9-6-18)34(29,30)26-19-3-2-10-24-16-19/h2-10,15-16,26H,11-14H2,1H3,(H,25,28). The van der Waals surface area contributed by atoms with Gasteiger partial charge in [0.1, 0.15) is 0 Å². The van der Waals surface area contributed by atoms with E-state index in [1.807, 2.05) is 0 Å². The number of aromatic nitrogens is 1. The van der Waals surface area contributed by atoms with E-state index in [1.54, 1.807) is 25.1 Å². The number of morpholine rings is 1. The van der Waals surface area contributed by atoms with E-state index in [0.717, 1.165) is 0 Å². The van der Waals surface area contributed by atoms with Gasteiger partial charge in [-0.2, -0.15) is 4.31 Å². The van der Waals surface area contributed by atoms with E-state index in [9.17, 15) is 21.6 Å². The highest BCUT2D eigenvalue weighted by molar-refractivity contribution is 7.92. The maximum atomic E-state index is 13.0. The Labute approximate surface area is 204 Å². The number of pyridine rings is 1. The number of nitrogens with one attached hydrogen (secondary N) is 2. The fourth-order valence-corrected chi connectivity index (χ4v) is 5.97. The first kappa shape index (κ1) is 24.8. The number of hydrogen-bond acceptors (Lipinski definition) is 7. The summed E-state index contributed by atoms with van der Waals surface area (Å²) < 4.78 is 60.1. The number of nitrogens with zero attached hydrogens (tertiary/aromatic N) is 2. The van der Waals surface area contributed by atoms with Crippen molar-refractivity contribution in [2.45, 2.75) is 16.7 Å². The van der Waals surface area contributed by atoms with Crippen molar-refractivity contribution in [3.8, 4) is 0 Å². The monoisotopic (exact) mass is 516 g/mol. The molecule has 1 fully saturated rings. The van der Waals surface area contributed by atoms with Crippen LogP contribution < -0.4 is 10.0 Å². The smallest absolute Gasteiger partial charge is 0.261 e. The molecule has 35 heavy (non-hydrogen) atoms. The molecule has 0 spiro atoms. The van der Waals surface area contributed by atoms with Crippen LogP contribution in [0.5, 0.6) is 0 Å². The molecule has 1 saturated heterocycles.